The average Bonchev–Trinajstić information content (AvgIpc) is 3.25. The van der Waals surface area contributed by atoms with Crippen molar-refractivity contribution in [1.29, 1.82) is 0 Å². The zero-order valence-electron chi connectivity index (χ0n) is 13.4. The molecule has 124 valence electrons. The molecule has 2 aromatic heterocycles. The largest absolute Gasteiger partial charge is 0.346 e. The molecule has 23 heavy (non-hydrogen) atoms. The molecule has 2 fully saturated rings. The monoisotopic (exact) mass is 318 g/mol. The van der Waals surface area contributed by atoms with Gasteiger partial charge in [0.2, 0.25) is 5.89 Å². The van der Waals surface area contributed by atoms with Gasteiger partial charge in [0.1, 0.15) is 12.4 Å². The molecule has 0 radical (unpaired) electrons. The van der Waals surface area contributed by atoms with E-state index in [1.54, 1.807) is 4.57 Å². The van der Waals surface area contributed by atoms with Gasteiger partial charge in [-0.3, -0.25) is 4.57 Å². The minimum Gasteiger partial charge on any atom is -0.339 e. The minimum absolute atomic E-state index is 0.0918. The van der Waals surface area contributed by atoms with E-state index in [9.17, 15) is 4.79 Å². The number of nitrogens with one attached hydrogen (secondary N) is 1. The highest BCUT2D eigenvalue weighted by atomic mass is 16.5. The molecule has 0 unspecified atom stereocenters. The lowest BCUT2D eigenvalue weighted by Gasteiger charge is -2.21. The lowest BCUT2D eigenvalue weighted by molar-refractivity contribution is 0.371. The van der Waals surface area contributed by atoms with E-state index in [4.69, 9.17) is 4.52 Å². The summed E-state index contributed by atoms with van der Waals surface area (Å²) in [5.74, 6) is 2.81. The Balaban J connectivity index is 1.59. The maximum Gasteiger partial charge on any atom is 0.346 e. The maximum atomic E-state index is 12.6. The van der Waals surface area contributed by atoms with Crippen LogP contribution in [0.3, 0.4) is 0 Å². The van der Waals surface area contributed by atoms with Crippen molar-refractivity contribution in [3.8, 4) is 0 Å². The highest BCUT2D eigenvalue weighted by molar-refractivity contribution is 5.03. The Hall–Kier alpha value is -1.96. The summed E-state index contributed by atoms with van der Waals surface area (Å²) >= 11 is 0. The van der Waals surface area contributed by atoms with Crippen LogP contribution in [-0.4, -0.2) is 37.6 Å². The van der Waals surface area contributed by atoms with Crippen LogP contribution in [0.4, 0.5) is 0 Å². The van der Waals surface area contributed by atoms with Gasteiger partial charge in [-0.25, -0.2) is 9.48 Å². The van der Waals surface area contributed by atoms with Crippen molar-refractivity contribution < 1.29 is 4.52 Å². The van der Waals surface area contributed by atoms with E-state index >= 15 is 0 Å². The van der Waals surface area contributed by atoms with E-state index in [2.05, 4.69) is 20.6 Å². The first-order valence-electron chi connectivity index (χ1n) is 8.47. The Bertz CT molecular complexity index is 735. The normalized spacial score (nSPS) is 21.7. The summed E-state index contributed by atoms with van der Waals surface area (Å²) in [6, 6.07) is 0. The van der Waals surface area contributed by atoms with Gasteiger partial charge in [0.05, 0.1) is 0 Å². The van der Waals surface area contributed by atoms with Crippen molar-refractivity contribution >= 4 is 0 Å². The smallest absolute Gasteiger partial charge is 0.339 e. The van der Waals surface area contributed by atoms with Gasteiger partial charge < -0.3 is 9.84 Å². The van der Waals surface area contributed by atoms with E-state index in [-0.39, 0.29) is 12.2 Å². The average molecular weight is 318 g/mol. The first-order valence-corrected chi connectivity index (χ1v) is 8.47. The summed E-state index contributed by atoms with van der Waals surface area (Å²) in [5, 5.41) is 11.9. The van der Waals surface area contributed by atoms with Gasteiger partial charge in [-0.15, -0.1) is 0 Å². The predicted octanol–water partition coefficient (Wildman–Crippen LogP) is 0.840. The minimum atomic E-state index is -0.0918. The van der Waals surface area contributed by atoms with Crippen LogP contribution in [0.2, 0.25) is 0 Å². The molecule has 0 amide bonds. The molecule has 1 N–H and O–H groups in total. The molecule has 2 aliphatic rings. The highest BCUT2D eigenvalue weighted by Gasteiger charge is 2.30. The van der Waals surface area contributed by atoms with E-state index < -0.39 is 0 Å². The third kappa shape index (κ3) is 2.83. The molecule has 3 heterocycles. The quantitative estimate of drug-likeness (QED) is 0.878. The van der Waals surface area contributed by atoms with Crippen LogP contribution >= 0.6 is 0 Å². The number of hydrogen-bond acceptors (Lipinski definition) is 6. The van der Waals surface area contributed by atoms with Gasteiger partial charge in [0, 0.05) is 24.9 Å². The van der Waals surface area contributed by atoms with Crippen molar-refractivity contribution in [1.82, 2.24) is 29.8 Å². The van der Waals surface area contributed by atoms with Crippen LogP contribution in [0.5, 0.6) is 0 Å². The molecule has 0 aromatic carbocycles. The Kier molecular flexibility index (Phi) is 3.76. The molecule has 1 aliphatic heterocycles. The SMILES string of the molecule is CCn1c([C@H]2CCCNC2)nn(Cc2noc(C3CC3)n2)c1=O. The van der Waals surface area contributed by atoms with Gasteiger partial charge in [-0.1, -0.05) is 5.16 Å². The third-order valence-corrected chi connectivity index (χ3v) is 4.63. The highest BCUT2D eigenvalue weighted by Crippen LogP contribution is 2.38. The summed E-state index contributed by atoms with van der Waals surface area (Å²) in [6.45, 7) is 4.80. The topological polar surface area (TPSA) is 90.8 Å². The number of piperidine rings is 1. The molecule has 0 bridgehead atoms. The molecule has 1 aliphatic carbocycles. The van der Waals surface area contributed by atoms with Gasteiger partial charge in [0.25, 0.3) is 0 Å². The Morgan fingerprint density at radius 2 is 2.17 bits per heavy atom. The van der Waals surface area contributed by atoms with Crippen molar-refractivity contribution in [3.63, 3.8) is 0 Å². The van der Waals surface area contributed by atoms with E-state index in [0.717, 1.165) is 44.6 Å². The zero-order chi connectivity index (χ0) is 15.8. The fourth-order valence-corrected chi connectivity index (χ4v) is 3.19. The van der Waals surface area contributed by atoms with E-state index in [0.29, 0.717) is 30.1 Å². The second-order valence-electron chi connectivity index (χ2n) is 6.41. The Labute approximate surface area is 133 Å². The summed E-state index contributed by atoms with van der Waals surface area (Å²) in [5.41, 5.74) is -0.0918. The fourth-order valence-electron chi connectivity index (χ4n) is 3.19. The molecule has 4 rings (SSSR count). The van der Waals surface area contributed by atoms with Crippen molar-refractivity contribution in [2.45, 2.75) is 57.5 Å². The van der Waals surface area contributed by atoms with Gasteiger partial charge >= 0.3 is 5.69 Å². The summed E-state index contributed by atoms with van der Waals surface area (Å²) in [6.07, 6.45) is 4.41. The second kappa shape index (κ2) is 5.92. The molecule has 0 spiro atoms. The number of rotatable bonds is 5. The lowest BCUT2D eigenvalue weighted by atomic mass is 9.99. The summed E-state index contributed by atoms with van der Waals surface area (Å²) in [4.78, 5) is 17.0. The van der Waals surface area contributed by atoms with Crippen molar-refractivity contribution in [2.24, 2.45) is 0 Å². The van der Waals surface area contributed by atoms with Gasteiger partial charge in [-0.2, -0.15) is 10.1 Å². The fraction of sp³-hybridized carbons (Fsp3) is 0.733. The molecule has 1 saturated heterocycles. The van der Waals surface area contributed by atoms with Crippen LogP contribution in [0.1, 0.15) is 62.0 Å². The Morgan fingerprint density at radius 1 is 1.30 bits per heavy atom. The molecular weight excluding hydrogens is 296 g/mol. The first kappa shape index (κ1) is 14.6. The molecule has 8 heteroatoms. The summed E-state index contributed by atoms with van der Waals surface area (Å²) < 4.78 is 8.49. The van der Waals surface area contributed by atoms with Crippen molar-refractivity contribution in [2.75, 3.05) is 13.1 Å². The predicted molar refractivity (Wildman–Crippen MR) is 82.4 cm³/mol. The Morgan fingerprint density at radius 3 is 2.87 bits per heavy atom. The standard InChI is InChI=1S/C15H22N6O2/c1-2-20-13(11-4-3-7-16-8-11)18-21(15(20)22)9-12-17-14(23-19-12)10-5-6-10/h10-11,16H,2-9H2,1H3/t11-/m0/s1. The zero-order valence-corrected chi connectivity index (χ0v) is 13.4. The van der Waals surface area contributed by atoms with Gasteiger partial charge in [-0.05, 0) is 39.2 Å². The van der Waals surface area contributed by atoms with Crippen LogP contribution < -0.4 is 11.0 Å². The number of aromatic nitrogens is 5. The lowest BCUT2D eigenvalue weighted by Crippen LogP contribution is -2.31. The third-order valence-electron chi connectivity index (χ3n) is 4.63. The van der Waals surface area contributed by atoms with Crippen LogP contribution in [-0.2, 0) is 13.1 Å². The van der Waals surface area contributed by atoms with Crippen LogP contribution in [0.15, 0.2) is 9.32 Å². The van der Waals surface area contributed by atoms with Crippen LogP contribution in [0.25, 0.3) is 0 Å². The molecule has 2 aromatic rings. The molecule has 8 nitrogen and oxygen atoms in total. The van der Waals surface area contributed by atoms with E-state index in [1.807, 2.05) is 6.92 Å². The second-order valence-corrected chi connectivity index (χ2v) is 6.41. The summed E-state index contributed by atoms with van der Waals surface area (Å²) in [7, 11) is 0. The molecule has 1 atom stereocenters. The van der Waals surface area contributed by atoms with Crippen LogP contribution in [0, 0.1) is 0 Å². The maximum absolute atomic E-state index is 12.6. The molecule has 1 saturated carbocycles. The number of hydrogen-bond donors (Lipinski definition) is 1. The van der Waals surface area contributed by atoms with Crippen molar-refractivity contribution in [3.05, 3.63) is 28.0 Å². The molecular formula is C15H22N6O2. The number of nitrogens with zero attached hydrogens (tertiary/aromatic N) is 5. The van der Waals surface area contributed by atoms with Gasteiger partial charge in [0.15, 0.2) is 5.82 Å². The van der Waals surface area contributed by atoms with E-state index in [1.165, 1.54) is 4.68 Å². The first-order chi connectivity index (χ1) is 11.3.